The number of hydrogen-bond donors (Lipinski definition) is 1. The summed E-state index contributed by atoms with van der Waals surface area (Å²) in [6.45, 7) is 0.771. The number of rotatable bonds is 2. The van der Waals surface area contributed by atoms with E-state index in [0.29, 0.717) is 0 Å². The molecule has 1 aliphatic rings. The number of aromatic amines is 1. The lowest BCUT2D eigenvalue weighted by Crippen LogP contribution is -2.31. The quantitative estimate of drug-likeness (QED) is 0.597. The number of carbonyl (C=O) groups excluding carboxylic acids is 1. The molecule has 1 unspecified atom stereocenters. The number of nitrogens with one attached hydrogen (secondary N) is 1. The fourth-order valence-electron chi connectivity index (χ4n) is 4.00. The second kappa shape index (κ2) is 5.73. The number of carbonyl (C=O) groups is 1. The van der Waals surface area contributed by atoms with Crippen LogP contribution in [0.4, 0.5) is 0 Å². The van der Waals surface area contributed by atoms with Gasteiger partial charge in [-0.25, -0.2) is 4.98 Å². The summed E-state index contributed by atoms with van der Waals surface area (Å²) in [5.74, 6) is 0.969. The van der Waals surface area contributed by atoms with Crippen molar-refractivity contribution in [2.75, 3.05) is 6.54 Å². The molecule has 0 bridgehead atoms. The first-order chi connectivity index (χ1) is 12.7. The first kappa shape index (κ1) is 15.2. The molecule has 5 rings (SSSR count). The highest BCUT2D eigenvalue weighted by Crippen LogP contribution is 2.33. The second-order valence-corrected chi connectivity index (χ2v) is 7.00. The molecule has 5 nitrogen and oxygen atoms in total. The van der Waals surface area contributed by atoms with Crippen LogP contribution < -0.4 is 0 Å². The lowest BCUT2D eigenvalue weighted by molar-refractivity contribution is 0.0730. The minimum atomic E-state index is 0.0152. The maximum Gasteiger partial charge on any atom is 0.254 e. The SMILES string of the molecule is Cn1ccc2cc(C(=O)N3CCCC3c3nc4ccccc4[nH]3)ccc21. The number of hydrogen-bond acceptors (Lipinski definition) is 2. The summed E-state index contributed by atoms with van der Waals surface area (Å²) in [5, 5.41) is 1.10. The molecule has 3 heterocycles. The number of aryl methyl sites for hydroxylation is 1. The average molecular weight is 344 g/mol. The highest BCUT2D eigenvalue weighted by Gasteiger charge is 2.32. The zero-order valence-corrected chi connectivity index (χ0v) is 14.6. The second-order valence-electron chi connectivity index (χ2n) is 7.00. The summed E-state index contributed by atoms with van der Waals surface area (Å²) in [6, 6.07) is 16.0. The highest BCUT2D eigenvalue weighted by molar-refractivity contribution is 5.98. The lowest BCUT2D eigenvalue weighted by Gasteiger charge is -2.23. The van der Waals surface area contributed by atoms with E-state index in [-0.39, 0.29) is 11.9 Å². The van der Waals surface area contributed by atoms with Gasteiger partial charge in [0.05, 0.1) is 17.1 Å². The van der Waals surface area contributed by atoms with Crippen molar-refractivity contribution < 1.29 is 4.79 Å². The molecule has 1 N–H and O–H groups in total. The third-order valence-electron chi connectivity index (χ3n) is 5.37. The van der Waals surface area contributed by atoms with Crippen LogP contribution in [0.3, 0.4) is 0 Å². The molecular weight excluding hydrogens is 324 g/mol. The Kier molecular flexibility index (Phi) is 3.35. The van der Waals surface area contributed by atoms with Gasteiger partial charge in [-0.05, 0) is 49.2 Å². The van der Waals surface area contributed by atoms with Gasteiger partial charge in [0.2, 0.25) is 0 Å². The van der Waals surface area contributed by atoms with E-state index >= 15 is 0 Å². The molecule has 0 aliphatic carbocycles. The summed E-state index contributed by atoms with van der Waals surface area (Å²) in [4.78, 5) is 23.3. The molecule has 1 saturated heterocycles. The van der Waals surface area contributed by atoms with E-state index in [1.165, 1.54) is 0 Å². The van der Waals surface area contributed by atoms with Crippen molar-refractivity contribution in [3.8, 4) is 0 Å². The number of nitrogens with zero attached hydrogens (tertiary/aromatic N) is 3. The van der Waals surface area contributed by atoms with Crippen LogP contribution in [-0.2, 0) is 7.05 Å². The van der Waals surface area contributed by atoms with Gasteiger partial charge in [0, 0.05) is 36.3 Å². The van der Waals surface area contributed by atoms with Gasteiger partial charge in [0.1, 0.15) is 5.82 Å². The van der Waals surface area contributed by atoms with Crippen LogP contribution in [-0.4, -0.2) is 31.9 Å². The largest absolute Gasteiger partial charge is 0.351 e. The maximum absolute atomic E-state index is 13.2. The Morgan fingerprint density at radius 2 is 2.08 bits per heavy atom. The zero-order chi connectivity index (χ0) is 17.7. The van der Waals surface area contributed by atoms with Crippen molar-refractivity contribution in [1.82, 2.24) is 19.4 Å². The van der Waals surface area contributed by atoms with Crippen molar-refractivity contribution in [2.45, 2.75) is 18.9 Å². The molecule has 0 radical (unpaired) electrons. The van der Waals surface area contributed by atoms with Crippen molar-refractivity contribution in [3.05, 3.63) is 66.1 Å². The van der Waals surface area contributed by atoms with Crippen LogP contribution in [0.25, 0.3) is 21.9 Å². The number of imidazole rings is 1. The standard InChI is InChI=1S/C21H20N4O/c1-24-12-10-14-13-15(8-9-18(14)24)21(26)25-11-4-7-19(25)20-22-16-5-2-3-6-17(16)23-20/h2-3,5-6,8-10,12-13,19H,4,7,11H2,1H3,(H,22,23). The summed E-state index contributed by atoms with van der Waals surface area (Å²) in [7, 11) is 2.02. The fourth-order valence-corrected chi connectivity index (χ4v) is 4.00. The molecule has 2 aromatic heterocycles. The van der Waals surface area contributed by atoms with Crippen molar-refractivity contribution in [1.29, 1.82) is 0 Å². The van der Waals surface area contributed by atoms with Crippen molar-refractivity contribution in [3.63, 3.8) is 0 Å². The first-order valence-corrected chi connectivity index (χ1v) is 9.01. The van der Waals surface area contributed by atoms with E-state index in [1.807, 2.05) is 66.7 Å². The van der Waals surface area contributed by atoms with Crippen LogP contribution in [0.5, 0.6) is 0 Å². The number of likely N-dealkylation sites (tertiary alicyclic amines) is 1. The number of para-hydroxylation sites is 2. The fraction of sp³-hybridized carbons (Fsp3) is 0.238. The number of fused-ring (bicyclic) bond motifs is 2. The Labute approximate surface area is 151 Å². The number of H-pyrrole nitrogens is 1. The lowest BCUT2D eigenvalue weighted by atomic mass is 10.1. The van der Waals surface area contributed by atoms with Crippen LogP contribution in [0.2, 0.25) is 0 Å². The molecule has 0 spiro atoms. The third kappa shape index (κ3) is 2.31. The van der Waals surface area contributed by atoms with Crippen molar-refractivity contribution in [2.24, 2.45) is 7.05 Å². The zero-order valence-electron chi connectivity index (χ0n) is 14.6. The van der Waals surface area contributed by atoms with Gasteiger partial charge in [0.25, 0.3) is 5.91 Å². The van der Waals surface area contributed by atoms with Gasteiger partial charge in [0.15, 0.2) is 0 Å². The van der Waals surface area contributed by atoms with Gasteiger partial charge in [-0.2, -0.15) is 0 Å². The van der Waals surface area contributed by atoms with E-state index in [9.17, 15) is 4.79 Å². The highest BCUT2D eigenvalue weighted by atomic mass is 16.2. The normalized spacial score (nSPS) is 17.4. The van der Waals surface area contributed by atoms with Gasteiger partial charge in [-0.3, -0.25) is 4.79 Å². The summed E-state index contributed by atoms with van der Waals surface area (Å²) in [6.07, 6.45) is 3.96. The molecule has 26 heavy (non-hydrogen) atoms. The predicted octanol–water partition coefficient (Wildman–Crippen LogP) is 4.03. The topological polar surface area (TPSA) is 53.9 Å². The van der Waals surface area contributed by atoms with Gasteiger partial charge in [-0.15, -0.1) is 0 Å². The minimum absolute atomic E-state index is 0.0152. The molecule has 2 aromatic carbocycles. The molecule has 5 heteroatoms. The third-order valence-corrected chi connectivity index (χ3v) is 5.37. The molecule has 0 saturated carbocycles. The molecular formula is C21H20N4O. The van der Waals surface area contributed by atoms with E-state index in [4.69, 9.17) is 4.98 Å². The van der Waals surface area contributed by atoms with Gasteiger partial charge < -0.3 is 14.5 Å². The van der Waals surface area contributed by atoms with Crippen molar-refractivity contribution >= 4 is 27.8 Å². The smallest absolute Gasteiger partial charge is 0.254 e. The number of benzene rings is 2. The predicted molar refractivity (Wildman–Crippen MR) is 102 cm³/mol. The summed E-state index contributed by atoms with van der Waals surface area (Å²) in [5.41, 5.74) is 3.85. The summed E-state index contributed by atoms with van der Waals surface area (Å²) >= 11 is 0. The van der Waals surface area contributed by atoms with Crippen LogP contribution in [0, 0.1) is 0 Å². The molecule has 1 atom stereocenters. The van der Waals surface area contributed by atoms with Crippen LogP contribution >= 0.6 is 0 Å². The van der Waals surface area contributed by atoms with E-state index in [2.05, 4.69) is 9.55 Å². The Hall–Kier alpha value is -3.08. The maximum atomic E-state index is 13.2. The Bertz CT molecular complexity index is 1090. The van der Waals surface area contributed by atoms with Crippen LogP contribution in [0.15, 0.2) is 54.7 Å². The first-order valence-electron chi connectivity index (χ1n) is 9.01. The summed E-state index contributed by atoms with van der Waals surface area (Å²) < 4.78 is 2.07. The van der Waals surface area contributed by atoms with E-state index in [0.717, 1.165) is 52.7 Å². The van der Waals surface area contributed by atoms with E-state index in [1.54, 1.807) is 0 Å². The average Bonchev–Trinajstić information content (AvgIpc) is 3.38. The molecule has 4 aromatic rings. The Morgan fingerprint density at radius 3 is 2.96 bits per heavy atom. The Morgan fingerprint density at radius 1 is 1.19 bits per heavy atom. The van der Waals surface area contributed by atoms with Gasteiger partial charge in [-0.1, -0.05) is 12.1 Å². The number of amides is 1. The Balaban J connectivity index is 1.49. The number of aromatic nitrogens is 3. The van der Waals surface area contributed by atoms with Gasteiger partial charge >= 0.3 is 0 Å². The monoisotopic (exact) mass is 344 g/mol. The van der Waals surface area contributed by atoms with Crippen LogP contribution in [0.1, 0.15) is 35.1 Å². The molecule has 1 fully saturated rings. The molecule has 130 valence electrons. The molecule has 1 aliphatic heterocycles. The molecule has 1 amide bonds. The van der Waals surface area contributed by atoms with E-state index < -0.39 is 0 Å². The minimum Gasteiger partial charge on any atom is -0.351 e.